The first-order valence-corrected chi connectivity index (χ1v) is 14.3. The number of β-amino-alcohol motifs (C(OH)–C–C–N with tert-alkyl or cyclic N) is 1. The zero-order chi connectivity index (χ0) is 28.1. The summed E-state index contributed by atoms with van der Waals surface area (Å²) in [6.07, 6.45) is 3.61. The van der Waals surface area contributed by atoms with Crippen molar-refractivity contribution in [2.24, 2.45) is 0 Å². The molecular formula is C29H37ClFN5O4. The van der Waals surface area contributed by atoms with Gasteiger partial charge in [0.2, 0.25) is 0 Å². The molecule has 0 bridgehead atoms. The molecular weight excluding hydrogens is 537 g/mol. The third-order valence-corrected chi connectivity index (χ3v) is 9.07. The lowest BCUT2D eigenvalue weighted by atomic mass is 9.94. The minimum absolute atomic E-state index is 0.238. The van der Waals surface area contributed by atoms with E-state index in [0.717, 1.165) is 53.7 Å². The van der Waals surface area contributed by atoms with Crippen molar-refractivity contribution in [3.05, 3.63) is 51.4 Å². The summed E-state index contributed by atoms with van der Waals surface area (Å²) in [5.41, 5.74) is 9.79. The summed E-state index contributed by atoms with van der Waals surface area (Å²) in [6, 6.07) is 3.93. The summed E-state index contributed by atoms with van der Waals surface area (Å²) in [5, 5.41) is 11.5. The van der Waals surface area contributed by atoms with Crippen LogP contribution in [0.1, 0.15) is 54.7 Å². The van der Waals surface area contributed by atoms with E-state index in [4.69, 9.17) is 41.5 Å². The van der Waals surface area contributed by atoms with Gasteiger partial charge in [-0.05, 0) is 68.5 Å². The summed E-state index contributed by atoms with van der Waals surface area (Å²) in [7, 11) is 0. The summed E-state index contributed by atoms with van der Waals surface area (Å²) >= 11 is 6.45. The predicted octanol–water partition coefficient (Wildman–Crippen LogP) is 3.89. The van der Waals surface area contributed by atoms with Crippen molar-refractivity contribution in [3.8, 4) is 6.01 Å². The van der Waals surface area contributed by atoms with Crippen LogP contribution in [-0.2, 0) is 22.5 Å². The third kappa shape index (κ3) is 5.27. The lowest BCUT2D eigenvalue weighted by Gasteiger charge is -2.34. The molecule has 1 aromatic carbocycles. The van der Waals surface area contributed by atoms with Crippen LogP contribution in [0.15, 0.2) is 24.0 Å². The van der Waals surface area contributed by atoms with Gasteiger partial charge in [0, 0.05) is 35.8 Å². The smallest absolute Gasteiger partial charge is 0.318 e. The van der Waals surface area contributed by atoms with Crippen LogP contribution in [0.5, 0.6) is 6.01 Å². The van der Waals surface area contributed by atoms with Crippen LogP contribution in [0.3, 0.4) is 0 Å². The number of hydrogen-bond donors (Lipinski definition) is 2. The summed E-state index contributed by atoms with van der Waals surface area (Å²) in [4.78, 5) is 14.1. The van der Waals surface area contributed by atoms with Crippen molar-refractivity contribution in [1.82, 2.24) is 14.9 Å². The first kappa shape index (κ1) is 27.7. The fraction of sp³-hybridized carbons (Fsp3) is 0.586. The average Bonchev–Trinajstić information content (AvgIpc) is 3.41. The Balaban J connectivity index is 1.34. The van der Waals surface area contributed by atoms with Gasteiger partial charge >= 0.3 is 6.01 Å². The maximum Gasteiger partial charge on any atom is 0.318 e. The molecule has 1 unspecified atom stereocenters. The molecule has 3 saturated heterocycles. The van der Waals surface area contributed by atoms with Gasteiger partial charge in [-0.15, -0.1) is 0 Å². The number of anilines is 2. The predicted molar refractivity (Wildman–Crippen MR) is 150 cm³/mol. The molecule has 11 heteroatoms. The molecule has 0 saturated carbocycles. The molecule has 5 heterocycles. The lowest BCUT2D eigenvalue weighted by molar-refractivity contribution is -0.0124. The Bertz CT molecular complexity index is 1320. The molecule has 4 aliphatic rings. The van der Waals surface area contributed by atoms with Crippen LogP contribution in [-0.4, -0.2) is 77.1 Å². The molecule has 216 valence electrons. The number of ether oxygens (including phenoxy) is 3. The van der Waals surface area contributed by atoms with E-state index in [1.165, 1.54) is 0 Å². The number of fused-ring (bicyclic) bond motifs is 2. The van der Waals surface area contributed by atoms with Gasteiger partial charge in [0.05, 0.1) is 50.0 Å². The van der Waals surface area contributed by atoms with Crippen LogP contribution in [0.4, 0.5) is 15.9 Å². The fourth-order valence-corrected chi connectivity index (χ4v) is 6.88. The van der Waals surface area contributed by atoms with Crippen molar-refractivity contribution >= 4 is 23.1 Å². The van der Waals surface area contributed by atoms with Crippen molar-refractivity contribution in [3.63, 3.8) is 0 Å². The zero-order valence-corrected chi connectivity index (χ0v) is 23.8. The largest absolute Gasteiger partial charge is 0.461 e. The minimum atomic E-state index is -1.04. The molecule has 0 amide bonds. The van der Waals surface area contributed by atoms with E-state index in [0.29, 0.717) is 68.8 Å². The van der Waals surface area contributed by atoms with Crippen LogP contribution in [0.25, 0.3) is 0 Å². The molecule has 3 fully saturated rings. The normalized spacial score (nSPS) is 29.9. The quantitative estimate of drug-likeness (QED) is 0.515. The van der Waals surface area contributed by atoms with Gasteiger partial charge in [0.1, 0.15) is 18.0 Å². The second-order valence-electron chi connectivity index (χ2n) is 11.9. The number of nitrogens with two attached hydrogens (primary N) is 1. The first-order valence-electron chi connectivity index (χ1n) is 13.9. The lowest BCUT2D eigenvalue weighted by Crippen LogP contribution is -2.44. The number of benzene rings is 1. The number of aliphatic hydroxyl groups is 1. The highest BCUT2D eigenvalue weighted by atomic mass is 35.5. The Morgan fingerprint density at radius 3 is 3.00 bits per heavy atom. The first-order chi connectivity index (χ1) is 19.2. The minimum Gasteiger partial charge on any atom is -0.461 e. The molecule has 2 aromatic rings. The average molecular weight is 574 g/mol. The van der Waals surface area contributed by atoms with E-state index in [1.54, 1.807) is 13.0 Å². The second-order valence-corrected chi connectivity index (χ2v) is 12.3. The van der Waals surface area contributed by atoms with Crippen molar-refractivity contribution in [2.45, 2.75) is 63.4 Å². The molecule has 6 rings (SSSR count). The van der Waals surface area contributed by atoms with Gasteiger partial charge in [-0.1, -0.05) is 11.6 Å². The molecule has 1 aromatic heterocycles. The monoisotopic (exact) mass is 573 g/mol. The molecule has 0 aliphatic carbocycles. The molecule has 0 spiro atoms. The van der Waals surface area contributed by atoms with Crippen LogP contribution in [0.2, 0.25) is 5.02 Å². The summed E-state index contributed by atoms with van der Waals surface area (Å²) < 4.78 is 31.8. The number of nitrogen functional groups attached to an aromatic ring is 1. The number of rotatable bonds is 5. The van der Waals surface area contributed by atoms with Crippen molar-refractivity contribution in [2.75, 3.05) is 56.6 Å². The highest BCUT2D eigenvalue weighted by molar-refractivity contribution is 6.31. The molecule has 3 atom stereocenters. The van der Waals surface area contributed by atoms with E-state index in [2.05, 4.69) is 4.90 Å². The molecule has 4 aliphatic heterocycles. The number of hydrogen-bond acceptors (Lipinski definition) is 9. The van der Waals surface area contributed by atoms with E-state index in [1.807, 2.05) is 17.9 Å². The molecule has 0 radical (unpaired) electrons. The third-order valence-electron chi connectivity index (χ3n) is 8.68. The maximum absolute atomic E-state index is 13.4. The number of halogens is 2. The Hall–Kier alpha value is -2.50. The topological polar surface area (TPSA) is 106 Å². The Morgan fingerprint density at radius 1 is 1.32 bits per heavy atom. The van der Waals surface area contributed by atoms with Gasteiger partial charge in [0.25, 0.3) is 0 Å². The molecule has 40 heavy (non-hydrogen) atoms. The van der Waals surface area contributed by atoms with Crippen LogP contribution in [0, 0.1) is 6.92 Å². The summed E-state index contributed by atoms with van der Waals surface area (Å²) in [5.74, 6) is 0.683. The Kier molecular flexibility index (Phi) is 7.41. The van der Waals surface area contributed by atoms with Gasteiger partial charge in [-0.25, -0.2) is 4.39 Å². The van der Waals surface area contributed by atoms with Crippen molar-refractivity contribution in [1.29, 1.82) is 0 Å². The fourth-order valence-electron chi connectivity index (χ4n) is 6.65. The van der Waals surface area contributed by atoms with E-state index >= 15 is 0 Å². The SMILES string of the molecule is Cc1c(Cl)cc(N)cc1C1Cc2nc(OC[C@@]34CCCN3C/C(=C\F)C4)nc(N3CCOC[C@@](C)(O)C3)c2CO1. The Labute approximate surface area is 239 Å². The van der Waals surface area contributed by atoms with E-state index in [-0.39, 0.29) is 24.3 Å². The van der Waals surface area contributed by atoms with Gasteiger partial charge in [0.15, 0.2) is 0 Å². The number of aromatic nitrogens is 2. The standard InChI is InChI=1S/C29H37ClFN5O4/c1-18-21(8-20(32)9-23(18)30)25-10-24-22(14-39-25)26(35-6-7-38-16-28(2,37)15-35)34-27(33-24)40-17-29-4-3-5-36(29)13-19(11-29)12-31/h8-9,12,25,37H,3-7,10-11,13-17,32H2,1-2H3/b19-12-/t25?,28-,29-/m0/s1. The van der Waals surface area contributed by atoms with Crippen molar-refractivity contribution < 1.29 is 23.7 Å². The Morgan fingerprint density at radius 2 is 2.17 bits per heavy atom. The van der Waals surface area contributed by atoms with E-state index < -0.39 is 5.60 Å². The van der Waals surface area contributed by atoms with Gasteiger partial charge < -0.3 is 30.0 Å². The maximum atomic E-state index is 13.4. The van der Waals surface area contributed by atoms with E-state index in [9.17, 15) is 9.50 Å². The van der Waals surface area contributed by atoms with Crippen LogP contribution < -0.4 is 15.4 Å². The highest BCUT2D eigenvalue weighted by Crippen LogP contribution is 2.42. The number of nitrogens with zero attached hydrogens (tertiary/aromatic N) is 4. The molecule has 3 N–H and O–H groups in total. The van der Waals surface area contributed by atoms with Gasteiger partial charge in [-0.3, -0.25) is 4.90 Å². The zero-order valence-electron chi connectivity index (χ0n) is 23.1. The molecule has 9 nitrogen and oxygen atoms in total. The second kappa shape index (κ2) is 10.7. The van der Waals surface area contributed by atoms with Gasteiger partial charge in [-0.2, -0.15) is 9.97 Å². The summed E-state index contributed by atoms with van der Waals surface area (Å²) in [6.45, 7) is 7.60. The highest BCUT2D eigenvalue weighted by Gasteiger charge is 2.47. The van der Waals surface area contributed by atoms with Crippen LogP contribution >= 0.6 is 11.6 Å².